The van der Waals surface area contributed by atoms with Crippen LogP contribution in [-0.2, 0) is 9.53 Å². The first-order valence-corrected chi connectivity index (χ1v) is 6.70. The van der Waals surface area contributed by atoms with Gasteiger partial charge in [-0.05, 0) is 24.0 Å². The zero-order valence-corrected chi connectivity index (χ0v) is 11.1. The van der Waals surface area contributed by atoms with Crippen LogP contribution in [0.25, 0.3) is 0 Å². The summed E-state index contributed by atoms with van der Waals surface area (Å²) in [5, 5.41) is 0. The summed E-state index contributed by atoms with van der Waals surface area (Å²) in [6.07, 6.45) is 1.98. The molecule has 1 atom stereocenters. The summed E-state index contributed by atoms with van der Waals surface area (Å²) in [6, 6.07) is 7.77. The SMILES string of the molecule is COC(=O)C(CSC)c1cccc(Br)c1. The van der Waals surface area contributed by atoms with Crippen LogP contribution < -0.4 is 0 Å². The molecule has 15 heavy (non-hydrogen) atoms. The molecule has 4 heteroatoms. The highest BCUT2D eigenvalue weighted by atomic mass is 79.9. The van der Waals surface area contributed by atoms with E-state index in [0.717, 1.165) is 15.8 Å². The summed E-state index contributed by atoms with van der Waals surface area (Å²) in [5.41, 5.74) is 0.991. The van der Waals surface area contributed by atoms with Crippen molar-refractivity contribution in [2.45, 2.75) is 5.92 Å². The number of ether oxygens (including phenoxy) is 1. The number of thioether (sulfide) groups is 1. The van der Waals surface area contributed by atoms with Crippen molar-refractivity contribution in [3.63, 3.8) is 0 Å². The van der Waals surface area contributed by atoms with E-state index < -0.39 is 0 Å². The van der Waals surface area contributed by atoms with Crippen LogP contribution in [0, 0.1) is 0 Å². The molecule has 0 fully saturated rings. The molecule has 0 aliphatic carbocycles. The van der Waals surface area contributed by atoms with Crippen molar-refractivity contribution in [2.24, 2.45) is 0 Å². The van der Waals surface area contributed by atoms with Gasteiger partial charge in [-0.15, -0.1) is 0 Å². The maximum Gasteiger partial charge on any atom is 0.313 e. The third-order valence-corrected chi connectivity index (χ3v) is 3.23. The zero-order chi connectivity index (χ0) is 11.3. The average Bonchev–Trinajstić information content (AvgIpc) is 2.25. The Morgan fingerprint density at radius 3 is 2.87 bits per heavy atom. The summed E-state index contributed by atoms with van der Waals surface area (Å²) in [7, 11) is 1.42. The number of carbonyl (C=O) groups is 1. The second-order valence-electron chi connectivity index (χ2n) is 3.09. The first kappa shape index (κ1) is 12.6. The minimum atomic E-state index is -0.178. The maximum atomic E-state index is 11.6. The Hall–Kier alpha value is -0.480. The van der Waals surface area contributed by atoms with Crippen molar-refractivity contribution in [3.8, 4) is 0 Å². The van der Waals surface area contributed by atoms with Crippen LogP contribution >= 0.6 is 27.7 Å². The van der Waals surface area contributed by atoms with Crippen molar-refractivity contribution < 1.29 is 9.53 Å². The maximum absolute atomic E-state index is 11.6. The number of halogens is 1. The highest BCUT2D eigenvalue weighted by Gasteiger charge is 2.20. The highest BCUT2D eigenvalue weighted by Crippen LogP contribution is 2.24. The van der Waals surface area contributed by atoms with Crippen LogP contribution in [0.1, 0.15) is 11.5 Å². The third kappa shape index (κ3) is 3.54. The molecule has 1 unspecified atom stereocenters. The lowest BCUT2D eigenvalue weighted by Gasteiger charge is -2.13. The molecule has 1 aromatic rings. The lowest BCUT2D eigenvalue weighted by molar-refractivity contribution is -0.141. The van der Waals surface area contributed by atoms with E-state index in [0.29, 0.717) is 0 Å². The number of methoxy groups -OCH3 is 1. The van der Waals surface area contributed by atoms with E-state index in [1.54, 1.807) is 11.8 Å². The van der Waals surface area contributed by atoms with Gasteiger partial charge in [-0.25, -0.2) is 0 Å². The standard InChI is InChI=1S/C11H13BrO2S/c1-14-11(13)10(7-15-2)8-4-3-5-9(12)6-8/h3-6,10H,7H2,1-2H3. The molecule has 1 aromatic carbocycles. The molecule has 0 N–H and O–H groups in total. The molecule has 0 aliphatic rings. The molecule has 0 saturated carbocycles. The quantitative estimate of drug-likeness (QED) is 0.797. The van der Waals surface area contributed by atoms with Gasteiger partial charge in [0.2, 0.25) is 0 Å². The molecule has 0 spiro atoms. The van der Waals surface area contributed by atoms with E-state index in [1.165, 1.54) is 7.11 Å². The Morgan fingerprint density at radius 1 is 1.60 bits per heavy atom. The molecule has 1 rings (SSSR count). The van der Waals surface area contributed by atoms with E-state index in [9.17, 15) is 4.79 Å². The average molecular weight is 289 g/mol. The van der Waals surface area contributed by atoms with E-state index in [-0.39, 0.29) is 11.9 Å². The predicted molar refractivity (Wildman–Crippen MR) is 67.3 cm³/mol. The monoisotopic (exact) mass is 288 g/mol. The lowest BCUT2D eigenvalue weighted by atomic mass is 10.0. The van der Waals surface area contributed by atoms with Crippen molar-refractivity contribution in [1.82, 2.24) is 0 Å². The van der Waals surface area contributed by atoms with Gasteiger partial charge in [0, 0.05) is 10.2 Å². The van der Waals surface area contributed by atoms with Crippen LogP contribution in [0.3, 0.4) is 0 Å². The molecule has 0 amide bonds. The number of esters is 1. The molecule has 0 saturated heterocycles. The van der Waals surface area contributed by atoms with Gasteiger partial charge in [-0.1, -0.05) is 28.1 Å². The summed E-state index contributed by atoms with van der Waals surface area (Å²) in [5.74, 6) is 0.383. The van der Waals surface area contributed by atoms with Gasteiger partial charge in [-0.3, -0.25) is 4.79 Å². The summed E-state index contributed by atoms with van der Waals surface area (Å²) in [6.45, 7) is 0. The van der Waals surface area contributed by atoms with Gasteiger partial charge >= 0.3 is 5.97 Å². The van der Waals surface area contributed by atoms with Gasteiger partial charge in [0.05, 0.1) is 13.0 Å². The largest absolute Gasteiger partial charge is 0.469 e. The topological polar surface area (TPSA) is 26.3 Å². The highest BCUT2D eigenvalue weighted by molar-refractivity contribution is 9.10. The molecule has 82 valence electrons. The first-order chi connectivity index (χ1) is 7.19. The summed E-state index contributed by atoms with van der Waals surface area (Å²) >= 11 is 5.03. The zero-order valence-electron chi connectivity index (χ0n) is 8.70. The molecule has 0 aromatic heterocycles. The van der Waals surface area contributed by atoms with E-state index >= 15 is 0 Å². The van der Waals surface area contributed by atoms with Crippen molar-refractivity contribution in [3.05, 3.63) is 34.3 Å². The number of benzene rings is 1. The smallest absolute Gasteiger partial charge is 0.313 e. The Balaban J connectivity index is 2.93. The minimum absolute atomic E-state index is 0.178. The van der Waals surface area contributed by atoms with E-state index in [4.69, 9.17) is 4.74 Å². The van der Waals surface area contributed by atoms with Crippen molar-refractivity contribution in [1.29, 1.82) is 0 Å². The van der Waals surface area contributed by atoms with Crippen LogP contribution in [0.4, 0.5) is 0 Å². The van der Waals surface area contributed by atoms with Crippen LogP contribution in [0.5, 0.6) is 0 Å². The van der Waals surface area contributed by atoms with Crippen LogP contribution in [0.2, 0.25) is 0 Å². The third-order valence-electron chi connectivity index (χ3n) is 2.07. The lowest BCUT2D eigenvalue weighted by Crippen LogP contribution is -2.16. The normalized spacial score (nSPS) is 12.2. The van der Waals surface area contributed by atoms with Gasteiger partial charge in [0.1, 0.15) is 0 Å². The van der Waals surface area contributed by atoms with Crippen LogP contribution in [-0.4, -0.2) is 25.1 Å². The Morgan fingerprint density at radius 2 is 2.33 bits per heavy atom. The van der Waals surface area contributed by atoms with Gasteiger partial charge in [0.25, 0.3) is 0 Å². The van der Waals surface area contributed by atoms with Crippen molar-refractivity contribution >= 4 is 33.7 Å². The summed E-state index contributed by atoms with van der Waals surface area (Å²) in [4.78, 5) is 11.6. The van der Waals surface area contributed by atoms with E-state index in [1.807, 2.05) is 30.5 Å². The number of rotatable bonds is 4. The molecular weight excluding hydrogens is 276 g/mol. The molecule has 0 aliphatic heterocycles. The molecule has 0 radical (unpaired) electrons. The first-order valence-electron chi connectivity index (χ1n) is 4.51. The second-order valence-corrected chi connectivity index (χ2v) is 4.91. The Labute approximate surface area is 103 Å². The van der Waals surface area contributed by atoms with Gasteiger partial charge < -0.3 is 4.74 Å². The number of hydrogen-bond acceptors (Lipinski definition) is 3. The second kappa shape index (κ2) is 6.18. The fourth-order valence-electron chi connectivity index (χ4n) is 1.33. The predicted octanol–water partition coefficient (Wildman–Crippen LogP) is 3.07. The Bertz CT molecular complexity index is 341. The molecular formula is C11H13BrO2S. The van der Waals surface area contributed by atoms with Crippen molar-refractivity contribution in [2.75, 3.05) is 19.1 Å². The molecule has 0 bridgehead atoms. The Kier molecular flexibility index (Phi) is 5.19. The minimum Gasteiger partial charge on any atom is -0.469 e. The summed E-state index contributed by atoms with van der Waals surface area (Å²) < 4.78 is 5.77. The van der Waals surface area contributed by atoms with E-state index in [2.05, 4.69) is 15.9 Å². The molecule has 2 nitrogen and oxygen atoms in total. The number of hydrogen-bond donors (Lipinski definition) is 0. The fraction of sp³-hybridized carbons (Fsp3) is 0.364. The fourth-order valence-corrected chi connectivity index (χ4v) is 2.41. The molecule has 0 heterocycles. The van der Waals surface area contributed by atoms with Gasteiger partial charge in [0.15, 0.2) is 0 Å². The van der Waals surface area contributed by atoms with Gasteiger partial charge in [-0.2, -0.15) is 11.8 Å². The van der Waals surface area contributed by atoms with Crippen LogP contribution in [0.15, 0.2) is 28.7 Å². The number of carbonyl (C=O) groups excluding carboxylic acids is 1.